The third-order valence-corrected chi connectivity index (χ3v) is 4.78. The fourth-order valence-corrected chi connectivity index (χ4v) is 3.09. The maximum Gasteiger partial charge on any atom is 0.240 e. The summed E-state index contributed by atoms with van der Waals surface area (Å²) in [6.45, 7) is 4.57. The minimum Gasteiger partial charge on any atom is -0.291 e. The largest absolute Gasteiger partial charge is 0.291 e. The maximum atomic E-state index is 12.3. The SMILES string of the molecule is CC(N)=[NH+]Cc1cccc(CNS(=O)(=O)c2ccc(C)cc2)c1. The number of amidine groups is 1. The highest BCUT2D eigenvalue weighted by molar-refractivity contribution is 7.89. The molecule has 2 rings (SSSR count). The summed E-state index contributed by atoms with van der Waals surface area (Å²) in [5, 5.41) is 0. The number of nitrogens with one attached hydrogen (secondary N) is 2. The lowest BCUT2D eigenvalue weighted by Crippen LogP contribution is -2.72. The van der Waals surface area contributed by atoms with E-state index in [0.29, 0.717) is 12.4 Å². The summed E-state index contributed by atoms with van der Waals surface area (Å²) in [5.74, 6) is 0.649. The van der Waals surface area contributed by atoms with E-state index in [0.717, 1.165) is 16.7 Å². The molecule has 0 fully saturated rings. The number of hydrogen-bond donors (Lipinski definition) is 3. The standard InChI is InChI=1S/C17H21N3O2S/c1-13-6-8-17(9-7-13)23(21,22)20-12-16-5-3-4-15(10-16)11-19-14(2)18/h3-10,20H,11-12H2,1-2H3,(H2,18,19)/p+1. The molecule has 2 aromatic carbocycles. The fourth-order valence-electron chi connectivity index (χ4n) is 2.07. The van der Waals surface area contributed by atoms with Gasteiger partial charge in [-0.15, -0.1) is 0 Å². The molecule has 0 aliphatic heterocycles. The first-order valence-corrected chi connectivity index (χ1v) is 8.82. The van der Waals surface area contributed by atoms with Crippen LogP contribution in [0.1, 0.15) is 23.6 Å². The van der Waals surface area contributed by atoms with Gasteiger partial charge in [-0.05, 0) is 30.2 Å². The smallest absolute Gasteiger partial charge is 0.240 e. The van der Waals surface area contributed by atoms with Gasteiger partial charge in [-0.3, -0.25) is 10.7 Å². The van der Waals surface area contributed by atoms with E-state index in [9.17, 15) is 8.42 Å². The Morgan fingerprint density at radius 3 is 2.43 bits per heavy atom. The van der Waals surface area contributed by atoms with Crippen molar-refractivity contribution in [2.24, 2.45) is 5.73 Å². The quantitative estimate of drug-likeness (QED) is 0.530. The molecule has 0 aliphatic rings. The van der Waals surface area contributed by atoms with E-state index in [2.05, 4.69) is 9.71 Å². The molecule has 0 bridgehead atoms. The zero-order valence-electron chi connectivity index (χ0n) is 13.3. The van der Waals surface area contributed by atoms with Crippen molar-refractivity contribution in [1.29, 1.82) is 0 Å². The van der Waals surface area contributed by atoms with E-state index < -0.39 is 10.0 Å². The van der Waals surface area contributed by atoms with Gasteiger partial charge in [0, 0.05) is 13.5 Å². The van der Waals surface area contributed by atoms with Gasteiger partial charge in [-0.1, -0.05) is 42.0 Å². The van der Waals surface area contributed by atoms with E-state index in [1.54, 1.807) is 31.2 Å². The number of hydrogen-bond acceptors (Lipinski definition) is 2. The number of benzene rings is 2. The molecule has 0 aliphatic carbocycles. The molecular weight excluding hydrogens is 310 g/mol. The summed E-state index contributed by atoms with van der Waals surface area (Å²) in [4.78, 5) is 3.32. The van der Waals surface area contributed by atoms with Crippen LogP contribution in [0.5, 0.6) is 0 Å². The zero-order chi connectivity index (χ0) is 16.9. The minimum atomic E-state index is -3.50. The van der Waals surface area contributed by atoms with Crippen LogP contribution >= 0.6 is 0 Å². The van der Waals surface area contributed by atoms with Crippen molar-refractivity contribution in [3.05, 3.63) is 65.2 Å². The molecule has 0 aromatic heterocycles. The van der Waals surface area contributed by atoms with Crippen LogP contribution in [-0.4, -0.2) is 14.3 Å². The highest BCUT2D eigenvalue weighted by atomic mass is 32.2. The van der Waals surface area contributed by atoms with Gasteiger partial charge in [0.1, 0.15) is 6.54 Å². The van der Waals surface area contributed by atoms with Crippen LogP contribution in [0.25, 0.3) is 0 Å². The molecule has 0 unspecified atom stereocenters. The van der Waals surface area contributed by atoms with Crippen molar-refractivity contribution in [3.63, 3.8) is 0 Å². The van der Waals surface area contributed by atoms with Crippen LogP contribution in [0.15, 0.2) is 53.4 Å². The van der Waals surface area contributed by atoms with E-state index in [-0.39, 0.29) is 11.4 Å². The second kappa shape index (κ2) is 7.39. The van der Waals surface area contributed by atoms with Gasteiger partial charge < -0.3 is 0 Å². The predicted molar refractivity (Wildman–Crippen MR) is 91.2 cm³/mol. The maximum absolute atomic E-state index is 12.3. The van der Waals surface area contributed by atoms with E-state index in [1.165, 1.54) is 0 Å². The van der Waals surface area contributed by atoms with E-state index >= 15 is 0 Å². The molecule has 0 saturated carbocycles. The van der Waals surface area contributed by atoms with E-state index in [1.807, 2.05) is 31.2 Å². The molecule has 0 heterocycles. The summed E-state index contributed by atoms with van der Waals surface area (Å²) in [6, 6.07) is 14.5. The second-order valence-corrected chi connectivity index (χ2v) is 7.26. The third kappa shape index (κ3) is 5.19. The van der Waals surface area contributed by atoms with Gasteiger partial charge in [0.05, 0.1) is 4.90 Å². The monoisotopic (exact) mass is 332 g/mol. The molecule has 0 amide bonds. The Kier molecular flexibility index (Phi) is 5.52. The Morgan fingerprint density at radius 2 is 1.78 bits per heavy atom. The first-order valence-electron chi connectivity index (χ1n) is 7.34. The summed E-state index contributed by atoms with van der Waals surface area (Å²) < 4.78 is 27.2. The zero-order valence-corrected chi connectivity index (χ0v) is 14.2. The molecule has 4 N–H and O–H groups in total. The fraction of sp³-hybridized carbons (Fsp3) is 0.235. The van der Waals surface area contributed by atoms with Crippen molar-refractivity contribution >= 4 is 15.9 Å². The summed E-state index contributed by atoms with van der Waals surface area (Å²) in [6.07, 6.45) is 0. The highest BCUT2D eigenvalue weighted by Crippen LogP contribution is 2.11. The van der Waals surface area contributed by atoms with E-state index in [4.69, 9.17) is 5.73 Å². The molecule has 23 heavy (non-hydrogen) atoms. The molecule has 0 atom stereocenters. The highest BCUT2D eigenvalue weighted by Gasteiger charge is 2.13. The average molecular weight is 332 g/mol. The molecule has 122 valence electrons. The minimum absolute atomic E-state index is 0.245. The Balaban J connectivity index is 2.06. The lowest BCUT2D eigenvalue weighted by molar-refractivity contribution is -0.476. The van der Waals surface area contributed by atoms with Gasteiger partial charge >= 0.3 is 0 Å². The number of nitrogens with two attached hydrogens (primary N) is 1. The van der Waals surface area contributed by atoms with Gasteiger partial charge in [0.25, 0.3) is 0 Å². The first-order chi connectivity index (χ1) is 10.9. The average Bonchev–Trinajstić information content (AvgIpc) is 2.52. The normalized spacial score (nSPS) is 12.3. The van der Waals surface area contributed by atoms with Gasteiger partial charge in [0.2, 0.25) is 15.9 Å². The Labute approximate surface area is 137 Å². The number of aryl methyl sites for hydroxylation is 1. The van der Waals surface area contributed by atoms with Crippen LogP contribution in [0.3, 0.4) is 0 Å². The molecule has 0 spiro atoms. The Hall–Kier alpha value is -2.18. The van der Waals surface area contributed by atoms with Gasteiger partial charge in [-0.25, -0.2) is 13.1 Å². The topological polar surface area (TPSA) is 86.2 Å². The third-order valence-electron chi connectivity index (χ3n) is 3.36. The summed E-state index contributed by atoms with van der Waals surface area (Å²) in [5.41, 5.74) is 8.55. The first kappa shape index (κ1) is 17.2. The molecule has 6 heteroatoms. The number of sulfonamides is 1. The van der Waals surface area contributed by atoms with Crippen molar-refractivity contribution in [2.75, 3.05) is 0 Å². The van der Waals surface area contributed by atoms with Gasteiger partial charge in [-0.2, -0.15) is 0 Å². The molecule has 5 nitrogen and oxygen atoms in total. The Morgan fingerprint density at radius 1 is 1.13 bits per heavy atom. The lowest BCUT2D eigenvalue weighted by Gasteiger charge is -2.08. The van der Waals surface area contributed by atoms with Crippen LogP contribution in [0, 0.1) is 6.92 Å². The molecular formula is C17H22N3O2S+. The predicted octanol–water partition coefficient (Wildman–Crippen LogP) is 0.431. The summed E-state index contributed by atoms with van der Waals surface area (Å²) in [7, 11) is -3.50. The van der Waals surface area contributed by atoms with Gasteiger partial charge in [0.15, 0.2) is 0 Å². The van der Waals surface area contributed by atoms with Crippen LogP contribution in [0.4, 0.5) is 0 Å². The van der Waals surface area contributed by atoms with Crippen molar-refractivity contribution in [2.45, 2.75) is 31.8 Å². The van der Waals surface area contributed by atoms with Crippen molar-refractivity contribution in [1.82, 2.24) is 4.72 Å². The molecule has 0 radical (unpaired) electrons. The molecule has 2 aromatic rings. The van der Waals surface area contributed by atoms with Crippen LogP contribution in [-0.2, 0) is 23.1 Å². The van der Waals surface area contributed by atoms with Crippen LogP contribution in [0.2, 0.25) is 0 Å². The Bertz CT molecular complexity index is 793. The number of rotatable bonds is 6. The summed E-state index contributed by atoms with van der Waals surface area (Å²) >= 11 is 0. The lowest BCUT2D eigenvalue weighted by atomic mass is 10.1. The van der Waals surface area contributed by atoms with Crippen molar-refractivity contribution in [3.8, 4) is 0 Å². The second-order valence-electron chi connectivity index (χ2n) is 5.49. The van der Waals surface area contributed by atoms with Crippen LogP contribution < -0.4 is 15.4 Å². The molecule has 0 saturated heterocycles. The van der Waals surface area contributed by atoms with Crippen molar-refractivity contribution < 1.29 is 13.4 Å².